The third kappa shape index (κ3) is 3.58. The number of nitrogens with two attached hydrogens (primary N) is 1. The maximum atomic E-state index is 10.9. The Kier molecular flexibility index (Phi) is 4.55. The number of ether oxygens (including phenoxy) is 2. The van der Waals surface area contributed by atoms with Crippen molar-refractivity contribution in [3.63, 3.8) is 0 Å². The molecule has 0 spiro atoms. The Labute approximate surface area is 160 Å². The molecular formula is C19H17N5O4. The summed E-state index contributed by atoms with van der Waals surface area (Å²) in [5, 5.41) is 15.2. The standard InChI is InChI=1S/C19H17N5O4/c20-16-17(23-12-3-1-11(2-4-12)19(25)26)21-10-22-18(16)24-13-5-6-14-15(9-13)28-8-7-27-14/h1-6,9-10H,7-8,20H2,(H,25,26)(H2,21,22,23,24). The fourth-order valence-corrected chi connectivity index (χ4v) is 2.69. The van der Waals surface area contributed by atoms with Crippen LogP contribution < -0.4 is 25.8 Å². The van der Waals surface area contributed by atoms with Gasteiger partial charge in [0.1, 0.15) is 25.2 Å². The van der Waals surface area contributed by atoms with Crippen LogP contribution in [-0.4, -0.2) is 34.3 Å². The molecule has 0 aliphatic carbocycles. The third-order valence-electron chi connectivity index (χ3n) is 4.08. The van der Waals surface area contributed by atoms with E-state index in [1.54, 1.807) is 12.1 Å². The van der Waals surface area contributed by atoms with Gasteiger partial charge in [0.05, 0.1) is 5.56 Å². The first kappa shape index (κ1) is 17.4. The minimum atomic E-state index is -0.987. The Bertz CT molecular complexity index is 1020. The van der Waals surface area contributed by atoms with E-state index in [9.17, 15) is 4.79 Å². The molecule has 0 atom stereocenters. The summed E-state index contributed by atoms with van der Waals surface area (Å²) < 4.78 is 11.1. The van der Waals surface area contributed by atoms with E-state index in [0.29, 0.717) is 47.7 Å². The Hall–Kier alpha value is -4.01. The number of nitrogen functional groups attached to an aromatic ring is 1. The zero-order valence-corrected chi connectivity index (χ0v) is 14.7. The van der Waals surface area contributed by atoms with E-state index in [1.807, 2.05) is 18.2 Å². The lowest BCUT2D eigenvalue weighted by atomic mass is 10.2. The van der Waals surface area contributed by atoms with Crippen LogP contribution in [0.1, 0.15) is 10.4 Å². The molecule has 2 aromatic carbocycles. The summed E-state index contributed by atoms with van der Waals surface area (Å²) >= 11 is 0. The van der Waals surface area contributed by atoms with Crippen LogP contribution in [0.4, 0.5) is 28.7 Å². The highest BCUT2D eigenvalue weighted by molar-refractivity contribution is 5.88. The van der Waals surface area contributed by atoms with Gasteiger partial charge in [0.25, 0.3) is 0 Å². The van der Waals surface area contributed by atoms with Crippen LogP contribution in [0.3, 0.4) is 0 Å². The number of carbonyl (C=O) groups is 1. The molecule has 5 N–H and O–H groups in total. The Balaban J connectivity index is 1.54. The van der Waals surface area contributed by atoms with Crippen molar-refractivity contribution < 1.29 is 19.4 Å². The molecule has 0 bridgehead atoms. The number of nitrogens with zero attached hydrogens (tertiary/aromatic N) is 2. The number of anilines is 5. The fourth-order valence-electron chi connectivity index (χ4n) is 2.69. The predicted octanol–water partition coefficient (Wildman–Crippen LogP) is 3.02. The second-order valence-electron chi connectivity index (χ2n) is 5.98. The topological polar surface area (TPSA) is 132 Å². The molecule has 2 heterocycles. The fraction of sp³-hybridized carbons (Fsp3) is 0.105. The predicted molar refractivity (Wildman–Crippen MR) is 104 cm³/mol. The van der Waals surface area contributed by atoms with Gasteiger partial charge in [-0.2, -0.15) is 0 Å². The number of hydrogen-bond acceptors (Lipinski definition) is 8. The molecule has 0 amide bonds. The normalized spacial score (nSPS) is 12.3. The maximum absolute atomic E-state index is 10.9. The van der Waals surface area contributed by atoms with Crippen LogP contribution in [0.25, 0.3) is 0 Å². The van der Waals surface area contributed by atoms with Gasteiger partial charge >= 0.3 is 5.97 Å². The van der Waals surface area contributed by atoms with Gasteiger partial charge in [-0.25, -0.2) is 14.8 Å². The van der Waals surface area contributed by atoms with Crippen molar-refractivity contribution in [2.75, 3.05) is 29.6 Å². The number of aromatic carboxylic acids is 1. The van der Waals surface area contributed by atoms with Crippen LogP contribution in [0.5, 0.6) is 11.5 Å². The average Bonchev–Trinajstić information content (AvgIpc) is 2.71. The Morgan fingerprint density at radius 2 is 1.54 bits per heavy atom. The number of rotatable bonds is 5. The first-order chi connectivity index (χ1) is 13.6. The number of carboxylic acids is 1. The van der Waals surface area contributed by atoms with Crippen molar-refractivity contribution in [3.8, 4) is 11.5 Å². The molecule has 1 aliphatic heterocycles. The zero-order valence-electron chi connectivity index (χ0n) is 14.7. The molecule has 9 heteroatoms. The van der Waals surface area contributed by atoms with Crippen molar-refractivity contribution in [2.45, 2.75) is 0 Å². The molecule has 142 valence electrons. The maximum Gasteiger partial charge on any atom is 0.335 e. The molecule has 9 nitrogen and oxygen atoms in total. The Morgan fingerprint density at radius 1 is 0.929 bits per heavy atom. The lowest BCUT2D eigenvalue weighted by molar-refractivity contribution is 0.0697. The number of aromatic nitrogens is 2. The van der Waals surface area contributed by atoms with Gasteiger partial charge in [0.2, 0.25) is 0 Å². The van der Waals surface area contributed by atoms with Crippen LogP contribution >= 0.6 is 0 Å². The van der Waals surface area contributed by atoms with E-state index in [4.69, 9.17) is 20.3 Å². The average molecular weight is 379 g/mol. The van der Waals surface area contributed by atoms with E-state index in [1.165, 1.54) is 18.5 Å². The van der Waals surface area contributed by atoms with Crippen molar-refractivity contribution in [1.82, 2.24) is 9.97 Å². The van der Waals surface area contributed by atoms with Gasteiger partial charge in [0, 0.05) is 17.4 Å². The molecule has 4 rings (SSSR count). The Morgan fingerprint density at radius 3 is 2.21 bits per heavy atom. The van der Waals surface area contributed by atoms with Crippen molar-refractivity contribution in [1.29, 1.82) is 0 Å². The number of benzene rings is 2. The van der Waals surface area contributed by atoms with Crippen molar-refractivity contribution in [2.24, 2.45) is 0 Å². The van der Waals surface area contributed by atoms with E-state index in [2.05, 4.69) is 20.6 Å². The molecule has 0 unspecified atom stereocenters. The molecule has 0 radical (unpaired) electrons. The summed E-state index contributed by atoms with van der Waals surface area (Å²) in [4.78, 5) is 19.3. The summed E-state index contributed by atoms with van der Waals surface area (Å²) in [7, 11) is 0. The van der Waals surface area contributed by atoms with Gasteiger partial charge in [-0.1, -0.05) is 0 Å². The lowest BCUT2D eigenvalue weighted by Crippen LogP contribution is -2.15. The largest absolute Gasteiger partial charge is 0.486 e. The minimum absolute atomic E-state index is 0.196. The molecule has 1 aliphatic rings. The van der Waals surface area contributed by atoms with Gasteiger partial charge < -0.3 is 30.9 Å². The molecule has 0 saturated carbocycles. The molecule has 1 aromatic heterocycles. The number of hydrogen-bond donors (Lipinski definition) is 4. The van der Waals surface area contributed by atoms with Gasteiger partial charge in [0.15, 0.2) is 23.1 Å². The lowest BCUT2D eigenvalue weighted by Gasteiger charge is -2.19. The van der Waals surface area contributed by atoms with Gasteiger partial charge in [-0.3, -0.25) is 0 Å². The monoisotopic (exact) mass is 379 g/mol. The molecule has 3 aromatic rings. The molecule has 0 saturated heterocycles. The SMILES string of the molecule is Nc1c(Nc2ccc(C(=O)O)cc2)ncnc1Nc1ccc2c(c1)OCCO2. The van der Waals surface area contributed by atoms with E-state index in [0.717, 1.165) is 5.69 Å². The quantitative estimate of drug-likeness (QED) is 0.528. The summed E-state index contributed by atoms with van der Waals surface area (Å²) in [6.45, 7) is 1.03. The van der Waals surface area contributed by atoms with Crippen LogP contribution in [0.2, 0.25) is 0 Å². The summed E-state index contributed by atoms with van der Waals surface area (Å²) in [5.41, 5.74) is 8.11. The van der Waals surface area contributed by atoms with Crippen LogP contribution in [0, 0.1) is 0 Å². The summed E-state index contributed by atoms with van der Waals surface area (Å²) in [6, 6.07) is 11.7. The highest BCUT2D eigenvalue weighted by atomic mass is 16.6. The second-order valence-corrected chi connectivity index (χ2v) is 5.98. The van der Waals surface area contributed by atoms with E-state index in [-0.39, 0.29) is 5.56 Å². The number of nitrogens with one attached hydrogen (secondary N) is 2. The van der Waals surface area contributed by atoms with Gasteiger partial charge in [-0.05, 0) is 36.4 Å². The molecule has 0 fully saturated rings. The summed E-state index contributed by atoms with van der Waals surface area (Å²) in [6.07, 6.45) is 1.38. The smallest absolute Gasteiger partial charge is 0.335 e. The molecule has 28 heavy (non-hydrogen) atoms. The zero-order chi connectivity index (χ0) is 19.5. The van der Waals surface area contributed by atoms with Crippen LogP contribution in [0.15, 0.2) is 48.8 Å². The minimum Gasteiger partial charge on any atom is -0.486 e. The van der Waals surface area contributed by atoms with Gasteiger partial charge in [-0.15, -0.1) is 0 Å². The van der Waals surface area contributed by atoms with E-state index >= 15 is 0 Å². The highest BCUT2D eigenvalue weighted by Gasteiger charge is 2.14. The first-order valence-corrected chi connectivity index (χ1v) is 8.48. The summed E-state index contributed by atoms with van der Waals surface area (Å²) in [5.74, 6) is 1.19. The molecular weight excluding hydrogens is 362 g/mol. The van der Waals surface area contributed by atoms with E-state index < -0.39 is 5.97 Å². The van der Waals surface area contributed by atoms with Crippen LogP contribution in [-0.2, 0) is 0 Å². The van der Waals surface area contributed by atoms with Crippen molar-refractivity contribution in [3.05, 3.63) is 54.4 Å². The first-order valence-electron chi connectivity index (χ1n) is 8.48. The number of fused-ring (bicyclic) bond motifs is 1. The highest BCUT2D eigenvalue weighted by Crippen LogP contribution is 2.35. The number of carboxylic acid groups (broad SMARTS) is 1. The van der Waals surface area contributed by atoms with Crippen molar-refractivity contribution >= 4 is 34.7 Å². The third-order valence-corrected chi connectivity index (χ3v) is 4.08. The second kappa shape index (κ2) is 7.31.